The zero-order valence-electron chi connectivity index (χ0n) is 15.7. The topological polar surface area (TPSA) is 47.6 Å². The highest BCUT2D eigenvalue weighted by atomic mass is 16.5. The maximum absolute atomic E-state index is 12.9. The van der Waals surface area contributed by atoms with Gasteiger partial charge in [-0.1, -0.05) is 50.5 Å². The summed E-state index contributed by atoms with van der Waals surface area (Å²) in [6, 6.07) is 11.7. The number of hydrogen-bond donors (Lipinski definition) is 1. The lowest BCUT2D eigenvalue weighted by atomic mass is 9.96. The van der Waals surface area contributed by atoms with E-state index < -0.39 is 5.60 Å². The Morgan fingerprint density at radius 2 is 1.80 bits per heavy atom. The lowest BCUT2D eigenvalue weighted by Gasteiger charge is -2.28. The first-order valence-electron chi connectivity index (χ1n) is 9.07. The molecule has 0 spiro atoms. The van der Waals surface area contributed by atoms with Crippen LogP contribution in [0, 0.1) is 0 Å². The third kappa shape index (κ3) is 4.51. The maximum Gasteiger partial charge on any atom is 0.256 e. The Kier molecular flexibility index (Phi) is 6.82. The number of nitrogens with one attached hydrogen (secondary N) is 1. The van der Waals surface area contributed by atoms with Crippen LogP contribution in [-0.2, 0) is 9.53 Å². The summed E-state index contributed by atoms with van der Waals surface area (Å²) in [6.07, 6.45) is 3.91. The molecule has 0 aromatic heterocycles. The standard InChI is InChI=1S/C21H29NO3/c1-5-7-10-15-21(3,25-6-2)20(23)22-18-13-14-19(24-4)17-12-9-8-11-16(17)18/h8-9,11-14H,5-7,10,15H2,1-4H3,(H,22,23)/t21-/m1/s1. The minimum atomic E-state index is -0.815. The van der Waals surface area contributed by atoms with E-state index in [0.717, 1.165) is 41.5 Å². The van der Waals surface area contributed by atoms with Crippen molar-refractivity contribution < 1.29 is 14.3 Å². The SMILES string of the molecule is CCCCC[C@@](C)(OCC)C(=O)Nc1ccc(OC)c2ccccc12. The Labute approximate surface area is 150 Å². The summed E-state index contributed by atoms with van der Waals surface area (Å²) < 4.78 is 11.3. The molecule has 0 unspecified atom stereocenters. The lowest BCUT2D eigenvalue weighted by molar-refractivity contribution is -0.139. The molecule has 4 heteroatoms. The highest BCUT2D eigenvalue weighted by molar-refractivity contribution is 6.06. The van der Waals surface area contributed by atoms with Gasteiger partial charge < -0.3 is 14.8 Å². The van der Waals surface area contributed by atoms with Crippen LogP contribution in [-0.4, -0.2) is 25.2 Å². The zero-order valence-corrected chi connectivity index (χ0v) is 15.7. The molecule has 0 bridgehead atoms. The first kappa shape index (κ1) is 19.3. The molecule has 0 saturated carbocycles. The number of carbonyl (C=O) groups excluding carboxylic acids is 1. The summed E-state index contributed by atoms with van der Waals surface area (Å²) in [5, 5.41) is 5.01. The maximum atomic E-state index is 12.9. The largest absolute Gasteiger partial charge is 0.496 e. The molecule has 0 saturated heterocycles. The third-order valence-corrected chi connectivity index (χ3v) is 4.55. The molecule has 1 N–H and O–H groups in total. The van der Waals surface area contributed by atoms with E-state index in [0.29, 0.717) is 13.0 Å². The van der Waals surface area contributed by atoms with E-state index >= 15 is 0 Å². The molecule has 0 aliphatic rings. The fraction of sp³-hybridized carbons (Fsp3) is 0.476. The van der Waals surface area contributed by atoms with Crippen LogP contribution in [0.15, 0.2) is 36.4 Å². The van der Waals surface area contributed by atoms with Crippen molar-refractivity contribution in [1.29, 1.82) is 0 Å². The van der Waals surface area contributed by atoms with Crippen molar-refractivity contribution >= 4 is 22.4 Å². The second-order valence-electron chi connectivity index (χ2n) is 6.44. The number of hydrogen-bond acceptors (Lipinski definition) is 3. The van der Waals surface area contributed by atoms with E-state index in [1.54, 1.807) is 7.11 Å². The summed E-state index contributed by atoms with van der Waals surface area (Å²) in [4.78, 5) is 12.9. The van der Waals surface area contributed by atoms with Gasteiger partial charge in [0.2, 0.25) is 0 Å². The van der Waals surface area contributed by atoms with Crippen molar-refractivity contribution in [2.24, 2.45) is 0 Å². The van der Waals surface area contributed by atoms with Gasteiger partial charge >= 0.3 is 0 Å². The second-order valence-corrected chi connectivity index (χ2v) is 6.44. The summed E-state index contributed by atoms with van der Waals surface area (Å²) in [6.45, 7) is 6.47. The molecule has 4 nitrogen and oxygen atoms in total. The van der Waals surface area contributed by atoms with Crippen molar-refractivity contribution in [2.75, 3.05) is 19.0 Å². The summed E-state index contributed by atoms with van der Waals surface area (Å²) in [5.74, 6) is 0.699. The number of ether oxygens (including phenoxy) is 2. The van der Waals surface area contributed by atoms with Crippen molar-refractivity contribution in [2.45, 2.75) is 52.1 Å². The lowest BCUT2D eigenvalue weighted by Crippen LogP contribution is -2.42. The van der Waals surface area contributed by atoms with E-state index in [-0.39, 0.29) is 5.91 Å². The molecule has 0 fully saturated rings. The third-order valence-electron chi connectivity index (χ3n) is 4.55. The fourth-order valence-electron chi connectivity index (χ4n) is 3.10. The van der Waals surface area contributed by atoms with Gasteiger partial charge in [0.1, 0.15) is 11.4 Å². The summed E-state index contributed by atoms with van der Waals surface area (Å²) >= 11 is 0. The molecule has 25 heavy (non-hydrogen) atoms. The molecule has 0 aliphatic heterocycles. The Hall–Kier alpha value is -2.07. The Bertz CT molecular complexity index is 713. The predicted molar refractivity (Wildman–Crippen MR) is 103 cm³/mol. The van der Waals surface area contributed by atoms with E-state index in [4.69, 9.17) is 9.47 Å². The first-order valence-corrected chi connectivity index (χ1v) is 9.07. The Morgan fingerprint density at radius 1 is 1.08 bits per heavy atom. The molecule has 1 atom stereocenters. The fourth-order valence-corrected chi connectivity index (χ4v) is 3.10. The van der Waals surface area contributed by atoms with Gasteiger partial charge in [-0.25, -0.2) is 0 Å². The first-order chi connectivity index (χ1) is 12.1. The zero-order chi connectivity index (χ0) is 18.3. The van der Waals surface area contributed by atoms with Crippen LogP contribution < -0.4 is 10.1 Å². The highest BCUT2D eigenvalue weighted by Gasteiger charge is 2.33. The molecule has 0 radical (unpaired) electrons. The number of unbranched alkanes of at least 4 members (excludes halogenated alkanes) is 2. The number of rotatable bonds is 9. The molecule has 0 aliphatic carbocycles. The van der Waals surface area contributed by atoms with Gasteiger partial charge in [-0.3, -0.25) is 4.79 Å². The van der Waals surface area contributed by atoms with Crippen LogP contribution in [0.3, 0.4) is 0 Å². The quantitative estimate of drug-likeness (QED) is 0.640. The van der Waals surface area contributed by atoms with Crippen molar-refractivity contribution in [3.63, 3.8) is 0 Å². The average Bonchev–Trinajstić information content (AvgIpc) is 2.62. The Morgan fingerprint density at radius 3 is 2.44 bits per heavy atom. The van der Waals surface area contributed by atoms with Crippen LogP contribution >= 0.6 is 0 Å². The van der Waals surface area contributed by atoms with Gasteiger partial charge in [0.05, 0.1) is 7.11 Å². The van der Waals surface area contributed by atoms with Gasteiger partial charge in [0.25, 0.3) is 5.91 Å². The number of fused-ring (bicyclic) bond motifs is 1. The molecular formula is C21H29NO3. The van der Waals surface area contributed by atoms with E-state index in [1.807, 2.05) is 50.2 Å². The normalized spacial score (nSPS) is 13.4. The van der Waals surface area contributed by atoms with Gasteiger partial charge in [-0.15, -0.1) is 0 Å². The molecule has 136 valence electrons. The Balaban J connectivity index is 2.27. The van der Waals surface area contributed by atoms with Gasteiger partial charge in [-0.05, 0) is 32.4 Å². The van der Waals surface area contributed by atoms with E-state index in [2.05, 4.69) is 12.2 Å². The number of carbonyl (C=O) groups is 1. The number of anilines is 1. The van der Waals surface area contributed by atoms with Crippen LogP contribution in [0.25, 0.3) is 10.8 Å². The van der Waals surface area contributed by atoms with Crippen LogP contribution in [0.4, 0.5) is 5.69 Å². The number of amides is 1. The predicted octanol–water partition coefficient (Wildman–Crippen LogP) is 5.16. The monoisotopic (exact) mass is 343 g/mol. The molecule has 0 heterocycles. The van der Waals surface area contributed by atoms with Crippen LogP contribution in [0.2, 0.25) is 0 Å². The second kappa shape index (κ2) is 8.86. The summed E-state index contributed by atoms with van der Waals surface area (Å²) in [7, 11) is 1.65. The van der Waals surface area contributed by atoms with E-state index in [9.17, 15) is 4.79 Å². The molecule has 2 rings (SSSR count). The number of methoxy groups -OCH3 is 1. The van der Waals surface area contributed by atoms with Gasteiger partial charge in [0.15, 0.2) is 0 Å². The molecule has 1 amide bonds. The average molecular weight is 343 g/mol. The smallest absolute Gasteiger partial charge is 0.256 e. The van der Waals surface area contributed by atoms with Crippen molar-refractivity contribution in [3.8, 4) is 5.75 Å². The van der Waals surface area contributed by atoms with Crippen LogP contribution in [0.5, 0.6) is 5.75 Å². The minimum Gasteiger partial charge on any atom is -0.496 e. The van der Waals surface area contributed by atoms with Gasteiger partial charge in [-0.2, -0.15) is 0 Å². The van der Waals surface area contributed by atoms with E-state index in [1.165, 1.54) is 0 Å². The van der Waals surface area contributed by atoms with Gasteiger partial charge in [0, 0.05) is 23.1 Å². The molecule has 2 aromatic rings. The minimum absolute atomic E-state index is 0.0965. The summed E-state index contributed by atoms with van der Waals surface area (Å²) in [5.41, 5.74) is -0.0341. The highest BCUT2D eigenvalue weighted by Crippen LogP contribution is 2.32. The van der Waals surface area contributed by atoms with Crippen molar-refractivity contribution in [1.82, 2.24) is 0 Å². The molecular weight excluding hydrogens is 314 g/mol. The molecule has 2 aromatic carbocycles. The van der Waals surface area contributed by atoms with Crippen molar-refractivity contribution in [3.05, 3.63) is 36.4 Å². The number of benzene rings is 2. The van der Waals surface area contributed by atoms with Crippen LogP contribution in [0.1, 0.15) is 46.5 Å².